The van der Waals surface area contributed by atoms with E-state index in [4.69, 9.17) is 0 Å². The molecule has 2 atom stereocenters. The molecule has 0 fully saturated rings. The highest BCUT2D eigenvalue weighted by atomic mass is 32.2. The normalized spacial score (nSPS) is 13.1. The molecule has 174 valence electrons. The fourth-order valence-corrected chi connectivity index (χ4v) is 4.47. The Balaban J connectivity index is 1.88. The monoisotopic (exact) mass is 484 g/mol. The first kappa shape index (κ1) is 25.3. The van der Waals surface area contributed by atoms with Crippen molar-refractivity contribution >= 4 is 29.2 Å². The first-order chi connectivity index (χ1) is 15.9. The van der Waals surface area contributed by atoms with E-state index in [-0.39, 0.29) is 12.3 Å². The number of aliphatic hydroxyl groups is 2. The van der Waals surface area contributed by atoms with E-state index in [1.165, 1.54) is 21.9 Å². The van der Waals surface area contributed by atoms with Gasteiger partial charge in [-0.25, -0.2) is 0 Å². The number of aliphatic hydroxyl groups excluding tert-OH is 2. The van der Waals surface area contributed by atoms with Gasteiger partial charge in [0.15, 0.2) is 0 Å². The zero-order valence-corrected chi connectivity index (χ0v) is 20.3. The molecule has 0 aliphatic rings. The number of hydrogen-bond donors (Lipinski definition) is 2. The molecule has 0 aromatic heterocycles. The molecule has 0 unspecified atom stereocenters. The van der Waals surface area contributed by atoms with Crippen LogP contribution in [-0.2, 0) is 13.1 Å². The quantitative estimate of drug-likeness (QED) is 0.221. The van der Waals surface area contributed by atoms with Gasteiger partial charge in [0.2, 0.25) is 0 Å². The third kappa shape index (κ3) is 6.82. The summed E-state index contributed by atoms with van der Waals surface area (Å²) in [6, 6.07) is 21.7. The molecule has 0 heterocycles. The number of thioether (sulfide) groups is 2. The molecule has 8 heteroatoms. The molecule has 3 aromatic rings. The summed E-state index contributed by atoms with van der Waals surface area (Å²) in [5.74, 6) is 0. The van der Waals surface area contributed by atoms with Gasteiger partial charge < -0.3 is 10.2 Å². The summed E-state index contributed by atoms with van der Waals surface area (Å²) in [5.41, 5.74) is 2.64. The molecule has 0 spiro atoms. The van der Waals surface area contributed by atoms with Crippen molar-refractivity contribution in [3.8, 4) is 0 Å². The molecule has 2 N–H and O–H groups in total. The Bertz CT molecular complexity index is 978. The summed E-state index contributed by atoms with van der Waals surface area (Å²) in [4.78, 5) is 14.9. The second-order valence-corrected chi connectivity index (χ2v) is 9.40. The first-order valence-corrected chi connectivity index (χ1v) is 12.9. The summed E-state index contributed by atoms with van der Waals surface area (Å²) in [6.45, 7) is 0.812. The van der Waals surface area contributed by atoms with E-state index in [9.17, 15) is 20.3 Å². The Kier molecular flexibility index (Phi) is 9.34. The van der Waals surface area contributed by atoms with Crippen molar-refractivity contribution < 1.29 is 15.1 Å². The molecule has 0 bridgehead atoms. The van der Waals surface area contributed by atoms with Crippen LogP contribution >= 0.6 is 23.5 Å². The summed E-state index contributed by atoms with van der Waals surface area (Å²) < 4.78 is 0. The third-order valence-electron chi connectivity index (χ3n) is 5.56. The molecule has 0 radical (unpaired) electrons. The van der Waals surface area contributed by atoms with Gasteiger partial charge >= 0.3 is 0 Å². The lowest BCUT2D eigenvalue weighted by Crippen LogP contribution is -2.41. The number of nitro benzene ring substituents is 1. The van der Waals surface area contributed by atoms with Gasteiger partial charge in [-0.3, -0.25) is 15.0 Å². The van der Waals surface area contributed by atoms with Crippen molar-refractivity contribution in [1.82, 2.24) is 4.90 Å². The number of benzene rings is 3. The highest BCUT2D eigenvalue weighted by molar-refractivity contribution is 7.98. The van der Waals surface area contributed by atoms with Gasteiger partial charge in [0.1, 0.15) is 0 Å². The van der Waals surface area contributed by atoms with Crippen molar-refractivity contribution in [2.24, 2.45) is 0 Å². The minimum atomic E-state index is -1.01. The van der Waals surface area contributed by atoms with Gasteiger partial charge in [-0.05, 0) is 65.6 Å². The lowest BCUT2D eigenvalue weighted by molar-refractivity contribution is -0.384. The van der Waals surface area contributed by atoms with Crippen LogP contribution in [0.15, 0.2) is 82.6 Å². The van der Waals surface area contributed by atoms with E-state index >= 15 is 0 Å². The lowest BCUT2D eigenvalue weighted by Gasteiger charge is -2.34. The highest BCUT2D eigenvalue weighted by Gasteiger charge is 2.27. The van der Waals surface area contributed by atoms with Crippen LogP contribution in [0, 0.1) is 10.1 Å². The minimum Gasteiger partial charge on any atom is -0.395 e. The molecule has 0 saturated carbocycles. The number of hydrogen-bond acceptors (Lipinski definition) is 7. The van der Waals surface area contributed by atoms with E-state index in [0.717, 1.165) is 11.1 Å². The first-order valence-electron chi connectivity index (χ1n) is 10.5. The van der Waals surface area contributed by atoms with Gasteiger partial charge in [-0.1, -0.05) is 24.3 Å². The maximum atomic E-state index is 11.1. The van der Waals surface area contributed by atoms with Crippen LogP contribution in [0.25, 0.3) is 0 Å². The SMILES string of the molecule is CSc1ccc(CN(Cc2ccc(SC)cc2)[C@H](CO)[C@@H](O)c2ccc([N+](=O)[O-])cc2)cc1. The fourth-order valence-electron chi connectivity index (χ4n) is 3.65. The van der Waals surface area contributed by atoms with Crippen LogP contribution in [-0.4, -0.2) is 45.2 Å². The Labute approximate surface area is 202 Å². The smallest absolute Gasteiger partial charge is 0.269 e. The van der Waals surface area contributed by atoms with Crippen molar-refractivity contribution in [3.63, 3.8) is 0 Å². The van der Waals surface area contributed by atoms with Gasteiger partial charge in [-0.15, -0.1) is 23.5 Å². The van der Waals surface area contributed by atoms with Gasteiger partial charge in [-0.2, -0.15) is 0 Å². The zero-order chi connectivity index (χ0) is 23.8. The number of rotatable bonds is 11. The maximum absolute atomic E-state index is 11.1. The van der Waals surface area contributed by atoms with Crippen molar-refractivity contribution in [1.29, 1.82) is 0 Å². The van der Waals surface area contributed by atoms with E-state index < -0.39 is 17.1 Å². The summed E-state index contributed by atoms with van der Waals surface area (Å²) in [5, 5.41) is 32.4. The minimum absolute atomic E-state index is 0.0360. The van der Waals surface area contributed by atoms with Crippen LogP contribution in [0.5, 0.6) is 0 Å². The Morgan fingerprint density at radius 2 is 1.30 bits per heavy atom. The number of nitro groups is 1. The molecular formula is C25H28N2O4S2. The average molecular weight is 485 g/mol. The van der Waals surface area contributed by atoms with Crippen LogP contribution in [0.1, 0.15) is 22.8 Å². The molecular weight excluding hydrogens is 456 g/mol. The van der Waals surface area contributed by atoms with Crippen molar-refractivity contribution in [2.75, 3.05) is 19.1 Å². The molecule has 33 heavy (non-hydrogen) atoms. The molecule has 3 rings (SSSR count). The zero-order valence-electron chi connectivity index (χ0n) is 18.6. The Morgan fingerprint density at radius 1 is 0.848 bits per heavy atom. The predicted molar refractivity (Wildman–Crippen MR) is 135 cm³/mol. The third-order valence-corrected chi connectivity index (χ3v) is 7.04. The number of nitrogens with zero attached hydrogens (tertiary/aromatic N) is 2. The van der Waals surface area contributed by atoms with E-state index in [2.05, 4.69) is 48.5 Å². The van der Waals surface area contributed by atoms with E-state index in [1.54, 1.807) is 35.7 Å². The highest BCUT2D eigenvalue weighted by Crippen LogP contribution is 2.27. The van der Waals surface area contributed by atoms with Gasteiger partial charge in [0.25, 0.3) is 5.69 Å². The molecule has 6 nitrogen and oxygen atoms in total. The largest absolute Gasteiger partial charge is 0.395 e. The molecule has 0 aliphatic heterocycles. The van der Waals surface area contributed by atoms with Gasteiger partial charge in [0, 0.05) is 35.0 Å². The molecule has 0 saturated heterocycles. The average Bonchev–Trinajstić information content (AvgIpc) is 2.85. The summed E-state index contributed by atoms with van der Waals surface area (Å²) in [7, 11) is 0. The van der Waals surface area contributed by atoms with Crippen molar-refractivity contribution in [3.05, 3.63) is 99.6 Å². The van der Waals surface area contributed by atoms with Crippen LogP contribution in [0.2, 0.25) is 0 Å². The predicted octanol–water partition coefficient (Wildman–Crippen LogP) is 5.14. The Hall–Kier alpha value is -2.36. The van der Waals surface area contributed by atoms with Crippen LogP contribution in [0.3, 0.4) is 0 Å². The summed E-state index contributed by atoms with van der Waals surface area (Å²) >= 11 is 3.35. The van der Waals surface area contributed by atoms with Crippen LogP contribution in [0.4, 0.5) is 5.69 Å². The van der Waals surface area contributed by atoms with Crippen molar-refractivity contribution in [2.45, 2.75) is 35.0 Å². The second-order valence-electron chi connectivity index (χ2n) is 7.64. The maximum Gasteiger partial charge on any atom is 0.269 e. The molecule has 3 aromatic carbocycles. The standard InChI is InChI=1S/C25H28N2O4S2/c1-32-22-11-3-18(4-12-22)15-26(16-19-5-13-23(33-2)14-6-19)24(17-28)25(29)20-7-9-21(10-8-20)27(30)31/h3-14,24-25,28-29H,15-17H2,1-2H3/t24-,25+/m1/s1. The molecule has 0 aliphatic carbocycles. The van der Waals surface area contributed by atoms with Gasteiger partial charge in [0.05, 0.1) is 23.7 Å². The molecule has 0 amide bonds. The number of non-ortho nitro benzene ring substituents is 1. The lowest BCUT2D eigenvalue weighted by atomic mass is 9.99. The Morgan fingerprint density at radius 3 is 1.67 bits per heavy atom. The summed E-state index contributed by atoms with van der Waals surface area (Å²) in [6.07, 6.45) is 3.05. The van der Waals surface area contributed by atoms with Crippen LogP contribution < -0.4 is 0 Å². The topological polar surface area (TPSA) is 86.8 Å². The fraction of sp³-hybridized carbons (Fsp3) is 0.280. The van der Waals surface area contributed by atoms with E-state index in [1.807, 2.05) is 17.4 Å². The van der Waals surface area contributed by atoms with E-state index in [0.29, 0.717) is 18.7 Å². The second kappa shape index (κ2) is 12.2.